The number of rotatable bonds is 5. The number of nitrogens with two attached hydrogens (primary N) is 1. The molecule has 7 nitrogen and oxygen atoms in total. The predicted molar refractivity (Wildman–Crippen MR) is 96.0 cm³/mol. The van der Waals surface area contributed by atoms with E-state index in [1.807, 2.05) is 0 Å². The first-order chi connectivity index (χ1) is 11.9. The topological polar surface area (TPSA) is 93.9 Å². The SMILES string of the molecule is CC(C)OC(=O)c1ccc(Cl)c(NC(=O)N2CCO[C@@H](CCN)C2)c1. The average Bonchev–Trinajstić information content (AvgIpc) is 2.56. The minimum atomic E-state index is -0.462. The van der Waals surface area contributed by atoms with Crippen LogP contribution in [-0.4, -0.2) is 55.3 Å². The molecule has 1 heterocycles. The Balaban J connectivity index is 2.05. The molecule has 1 atom stereocenters. The highest BCUT2D eigenvalue weighted by molar-refractivity contribution is 6.33. The van der Waals surface area contributed by atoms with Crippen molar-refractivity contribution >= 4 is 29.3 Å². The van der Waals surface area contributed by atoms with Gasteiger partial charge in [0, 0.05) is 13.1 Å². The van der Waals surface area contributed by atoms with E-state index in [0.29, 0.717) is 48.9 Å². The second-order valence-corrected chi connectivity index (χ2v) is 6.50. The van der Waals surface area contributed by atoms with Crippen molar-refractivity contribution in [2.24, 2.45) is 5.73 Å². The highest BCUT2D eigenvalue weighted by atomic mass is 35.5. The van der Waals surface area contributed by atoms with E-state index in [2.05, 4.69) is 5.32 Å². The predicted octanol–water partition coefficient (Wildman–Crippen LogP) is 2.49. The lowest BCUT2D eigenvalue weighted by Crippen LogP contribution is -2.47. The zero-order chi connectivity index (χ0) is 18.4. The number of nitrogens with one attached hydrogen (secondary N) is 1. The molecule has 3 N–H and O–H groups in total. The Morgan fingerprint density at radius 2 is 2.24 bits per heavy atom. The number of nitrogens with zero attached hydrogens (tertiary/aromatic N) is 1. The summed E-state index contributed by atoms with van der Waals surface area (Å²) >= 11 is 6.14. The molecule has 0 unspecified atom stereocenters. The number of benzene rings is 1. The van der Waals surface area contributed by atoms with Crippen LogP contribution in [0.4, 0.5) is 10.5 Å². The van der Waals surface area contributed by atoms with Crippen molar-refractivity contribution in [1.82, 2.24) is 4.90 Å². The van der Waals surface area contributed by atoms with E-state index in [1.54, 1.807) is 30.9 Å². The molecule has 1 aliphatic heterocycles. The van der Waals surface area contributed by atoms with Crippen molar-refractivity contribution in [1.29, 1.82) is 0 Å². The van der Waals surface area contributed by atoms with Gasteiger partial charge in [0.25, 0.3) is 0 Å². The van der Waals surface area contributed by atoms with E-state index in [4.69, 9.17) is 26.8 Å². The first-order valence-corrected chi connectivity index (χ1v) is 8.66. The van der Waals surface area contributed by atoms with Gasteiger partial charge in [0.15, 0.2) is 0 Å². The Bertz CT molecular complexity index is 622. The van der Waals surface area contributed by atoms with Crippen LogP contribution in [0.25, 0.3) is 0 Å². The summed E-state index contributed by atoms with van der Waals surface area (Å²) in [6, 6.07) is 4.35. The van der Waals surface area contributed by atoms with E-state index in [1.165, 1.54) is 6.07 Å². The smallest absolute Gasteiger partial charge is 0.338 e. The third-order valence-corrected chi connectivity index (χ3v) is 4.03. The second-order valence-electron chi connectivity index (χ2n) is 6.10. The van der Waals surface area contributed by atoms with Gasteiger partial charge in [-0.3, -0.25) is 0 Å². The summed E-state index contributed by atoms with van der Waals surface area (Å²) in [5, 5.41) is 3.10. The molecule has 25 heavy (non-hydrogen) atoms. The summed E-state index contributed by atoms with van der Waals surface area (Å²) < 4.78 is 10.7. The fourth-order valence-electron chi connectivity index (χ4n) is 2.49. The molecular weight excluding hydrogens is 346 g/mol. The van der Waals surface area contributed by atoms with Crippen LogP contribution >= 0.6 is 11.6 Å². The number of ether oxygens (including phenoxy) is 2. The van der Waals surface area contributed by atoms with Crippen LogP contribution in [0, 0.1) is 0 Å². The van der Waals surface area contributed by atoms with Crippen molar-refractivity contribution in [2.75, 3.05) is 31.6 Å². The largest absolute Gasteiger partial charge is 0.459 e. The fraction of sp³-hybridized carbons (Fsp3) is 0.529. The molecule has 0 spiro atoms. The molecule has 1 fully saturated rings. The number of urea groups is 1. The zero-order valence-corrected chi connectivity index (χ0v) is 15.2. The number of carbonyl (C=O) groups is 2. The molecule has 1 aromatic carbocycles. The Hall–Kier alpha value is -1.83. The molecule has 0 aromatic heterocycles. The summed E-state index contributed by atoms with van der Waals surface area (Å²) in [5.74, 6) is -0.462. The molecule has 0 bridgehead atoms. The maximum atomic E-state index is 12.5. The van der Waals surface area contributed by atoms with Crippen molar-refractivity contribution in [3.8, 4) is 0 Å². The number of amides is 2. The van der Waals surface area contributed by atoms with Crippen molar-refractivity contribution in [3.63, 3.8) is 0 Å². The van der Waals surface area contributed by atoms with Gasteiger partial charge in [-0.1, -0.05) is 11.6 Å². The summed E-state index contributed by atoms with van der Waals surface area (Å²) in [6.07, 6.45) is 0.405. The third-order valence-electron chi connectivity index (χ3n) is 3.70. The summed E-state index contributed by atoms with van der Waals surface area (Å²) in [7, 11) is 0. The van der Waals surface area contributed by atoms with Crippen molar-refractivity contribution in [3.05, 3.63) is 28.8 Å². The molecule has 2 rings (SSSR count). The van der Waals surface area contributed by atoms with Gasteiger partial charge in [-0.15, -0.1) is 0 Å². The quantitative estimate of drug-likeness (QED) is 0.777. The Morgan fingerprint density at radius 3 is 2.92 bits per heavy atom. The van der Waals surface area contributed by atoms with Crippen LogP contribution in [0.15, 0.2) is 18.2 Å². The van der Waals surface area contributed by atoms with Crippen LogP contribution in [0.5, 0.6) is 0 Å². The molecule has 138 valence electrons. The molecule has 1 aliphatic rings. The van der Waals surface area contributed by atoms with Gasteiger partial charge in [-0.25, -0.2) is 9.59 Å². The van der Waals surface area contributed by atoms with Gasteiger partial charge in [-0.2, -0.15) is 0 Å². The number of hydrogen-bond donors (Lipinski definition) is 2. The Labute approximate surface area is 152 Å². The highest BCUT2D eigenvalue weighted by Crippen LogP contribution is 2.24. The van der Waals surface area contributed by atoms with Gasteiger partial charge < -0.3 is 25.4 Å². The van der Waals surface area contributed by atoms with Crippen LogP contribution < -0.4 is 11.1 Å². The van der Waals surface area contributed by atoms with E-state index in [0.717, 1.165) is 0 Å². The lowest BCUT2D eigenvalue weighted by molar-refractivity contribution is -0.0146. The molecule has 0 aliphatic carbocycles. The monoisotopic (exact) mass is 369 g/mol. The maximum Gasteiger partial charge on any atom is 0.338 e. The van der Waals surface area contributed by atoms with Gasteiger partial charge in [0.2, 0.25) is 0 Å². The minimum absolute atomic E-state index is 0.0627. The van der Waals surface area contributed by atoms with E-state index in [9.17, 15) is 9.59 Å². The number of morpholine rings is 1. The van der Waals surface area contributed by atoms with Crippen molar-refractivity contribution < 1.29 is 19.1 Å². The minimum Gasteiger partial charge on any atom is -0.459 e. The molecule has 1 aromatic rings. The fourth-order valence-corrected chi connectivity index (χ4v) is 2.65. The number of halogens is 1. The lowest BCUT2D eigenvalue weighted by atomic mass is 10.2. The first-order valence-electron chi connectivity index (χ1n) is 8.28. The molecular formula is C17H24ClN3O4. The Kier molecular flexibility index (Phi) is 7.04. The summed E-state index contributed by atoms with van der Waals surface area (Å²) in [4.78, 5) is 26.1. The molecule has 0 radical (unpaired) electrons. The first kappa shape index (κ1) is 19.5. The van der Waals surface area contributed by atoms with Crippen LogP contribution in [0.1, 0.15) is 30.6 Å². The second kappa shape index (κ2) is 9.03. The molecule has 0 saturated carbocycles. The highest BCUT2D eigenvalue weighted by Gasteiger charge is 2.24. The maximum absolute atomic E-state index is 12.5. The summed E-state index contributed by atoms with van der Waals surface area (Å²) in [6.45, 7) is 5.47. The number of esters is 1. The number of carbonyl (C=O) groups excluding carboxylic acids is 2. The standard InChI is InChI=1S/C17H24ClN3O4/c1-11(2)25-16(22)12-3-4-14(18)15(9-12)20-17(23)21-7-8-24-13(10-21)5-6-19/h3-4,9,11,13H,5-8,10,19H2,1-2H3,(H,20,23)/t13-/m0/s1. The van der Waals surface area contributed by atoms with E-state index < -0.39 is 5.97 Å². The Morgan fingerprint density at radius 1 is 1.48 bits per heavy atom. The van der Waals surface area contributed by atoms with E-state index in [-0.39, 0.29) is 18.2 Å². The van der Waals surface area contributed by atoms with Crippen LogP contribution in [-0.2, 0) is 9.47 Å². The normalized spacial score (nSPS) is 17.5. The van der Waals surface area contributed by atoms with Gasteiger partial charge >= 0.3 is 12.0 Å². The van der Waals surface area contributed by atoms with Crippen LogP contribution in [0.2, 0.25) is 5.02 Å². The molecule has 2 amide bonds. The number of hydrogen-bond acceptors (Lipinski definition) is 5. The van der Waals surface area contributed by atoms with E-state index >= 15 is 0 Å². The lowest BCUT2D eigenvalue weighted by Gasteiger charge is -2.32. The number of anilines is 1. The van der Waals surface area contributed by atoms with Gasteiger partial charge in [0.1, 0.15) is 0 Å². The zero-order valence-electron chi connectivity index (χ0n) is 14.5. The summed E-state index contributed by atoms with van der Waals surface area (Å²) in [5.41, 5.74) is 6.24. The molecule has 1 saturated heterocycles. The van der Waals surface area contributed by atoms with Crippen LogP contribution in [0.3, 0.4) is 0 Å². The molecule has 8 heteroatoms. The van der Waals surface area contributed by atoms with Gasteiger partial charge in [-0.05, 0) is 45.0 Å². The third kappa shape index (κ3) is 5.59. The average molecular weight is 370 g/mol. The van der Waals surface area contributed by atoms with Gasteiger partial charge in [0.05, 0.1) is 35.1 Å². The van der Waals surface area contributed by atoms with Crippen molar-refractivity contribution in [2.45, 2.75) is 32.5 Å².